The highest BCUT2D eigenvalue weighted by molar-refractivity contribution is 5.31. The van der Waals surface area contributed by atoms with E-state index in [4.69, 9.17) is 4.74 Å². The third-order valence-corrected chi connectivity index (χ3v) is 3.47. The summed E-state index contributed by atoms with van der Waals surface area (Å²) in [5, 5.41) is 10.2. The van der Waals surface area contributed by atoms with Crippen LogP contribution in [0.15, 0.2) is 66.7 Å². The van der Waals surface area contributed by atoms with Crippen LogP contribution in [0.3, 0.4) is 0 Å². The molecule has 2 heteroatoms. The summed E-state index contributed by atoms with van der Waals surface area (Å²) >= 11 is 0. The molecule has 1 atom stereocenters. The van der Waals surface area contributed by atoms with Crippen molar-refractivity contribution < 1.29 is 9.84 Å². The Balaban J connectivity index is 1.99. The number of hydrogen-bond donors (Lipinski definition) is 1. The van der Waals surface area contributed by atoms with Gasteiger partial charge in [0.15, 0.2) is 0 Å². The molecule has 0 amide bonds. The van der Waals surface area contributed by atoms with Crippen molar-refractivity contribution in [1.82, 2.24) is 0 Å². The first kappa shape index (κ1) is 15.3. The molecule has 110 valence electrons. The first-order chi connectivity index (χ1) is 10.2. The normalized spacial score (nSPS) is 11.9. The molecule has 0 saturated heterocycles. The van der Waals surface area contributed by atoms with Gasteiger partial charge in [-0.05, 0) is 36.1 Å². The summed E-state index contributed by atoms with van der Waals surface area (Å²) in [4.78, 5) is 0. The standard InChI is InChI=1S/C19H22O2/c1-3-15(2)12-19(20)17-10-7-11-18(13-17)21-14-16-8-5-4-6-9-16/h4-11,13,19-20H,2-3,12,14H2,1H3. The van der Waals surface area contributed by atoms with Crippen LogP contribution in [0.4, 0.5) is 0 Å². The van der Waals surface area contributed by atoms with Crippen molar-refractivity contribution >= 4 is 0 Å². The van der Waals surface area contributed by atoms with Crippen molar-refractivity contribution in [1.29, 1.82) is 0 Å². The molecule has 0 radical (unpaired) electrons. The van der Waals surface area contributed by atoms with Gasteiger partial charge in [0.25, 0.3) is 0 Å². The lowest BCUT2D eigenvalue weighted by molar-refractivity contribution is 0.177. The first-order valence-electron chi connectivity index (χ1n) is 7.30. The number of aliphatic hydroxyl groups excluding tert-OH is 1. The zero-order valence-electron chi connectivity index (χ0n) is 12.5. The lowest BCUT2D eigenvalue weighted by atomic mass is 10.0. The Morgan fingerprint density at radius 2 is 1.90 bits per heavy atom. The molecule has 1 unspecified atom stereocenters. The second-order valence-corrected chi connectivity index (χ2v) is 5.17. The Labute approximate surface area is 126 Å². The Morgan fingerprint density at radius 1 is 1.14 bits per heavy atom. The van der Waals surface area contributed by atoms with E-state index in [1.807, 2.05) is 54.6 Å². The number of ether oxygens (including phenoxy) is 1. The van der Waals surface area contributed by atoms with E-state index in [1.54, 1.807) is 0 Å². The molecule has 2 aromatic rings. The average Bonchev–Trinajstić information content (AvgIpc) is 2.54. The molecule has 0 spiro atoms. The van der Waals surface area contributed by atoms with Crippen LogP contribution in [0, 0.1) is 0 Å². The Kier molecular flexibility index (Phi) is 5.59. The molecular weight excluding hydrogens is 260 g/mol. The van der Waals surface area contributed by atoms with Crippen molar-refractivity contribution in [3.63, 3.8) is 0 Å². The first-order valence-corrected chi connectivity index (χ1v) is 7.30. The van der Waals surface area contributed by atoms with E-state index in [0.29, 0.717) is 13.0 Å². The second-order valence-electron chi connectivity index (χ2n) is 5.17. The van der Waals surface area contributed by atoms with E-state index in [2.05, 4.69) is 13.5 Å². The molecule has 0 aliphatic rings. The van der Waals surface area contributed by atoms with Gasteiger partial charge in [-0.25, -0.2) is 0 Å². The number of aliphatic hydroxyl groups is 1. The predicted molar refractivity (Wildman–Crippen MR) is 86.2 cm³/mol. The third-order valence-electron chi connectivity index (χ3n) is 3.47. The average molecular weight is 282 g/mol. The van der Waals surface area contributed by atoms with E-state index in [9.17, 15) is 5.11 Å². The monoisotopic (exact) mass is 282 g/mol. The molecule has 0 bridgehead atoms. The summed E-state index contributed by atoms with van der Waals surface area (Å²) in [5.41, 5.74) is 3.05. The molecule has 21 heavy (non-hydrogen) atoms. The summed E-state index contributed by atoms with van der Waals surface area (Å²) < 4.78 is 5.78. The number of rotatable bonds is 7. The van der Waals surface area contributed by atoms with Crippen molar-refractivity contribution in [2.24, 2.45) is 0 Å². The summed E-state index contributed by atoms with van der Waals surface area (Å²) in [6, 6.07) is 17.7. The van der Waals surface area contributed by atoms with E-state index in [-0.39, 0.29) is 0 Å². The Hall–Kier alpha value is -2.06. The lowest BCUT2D eigenvalue weighted by Gasteiger charge is -2.14. The van der Waals surface area contributed by atoms with Gasteiger partial charge in [-0.15, -0.1) is 0 Å². The minimum atomic E-state index is -0.516. The summed E-state index contributed by atoms with van der Waals surface area (Å²) in [5.74, 6) is 0.775. The highest BCUT2D eigenvalue weighted by Gasteiger charge is 2.09. The molecule has 0 aliphatic carbocycles. The minimum Gasteiger partial charge on any atom is -0.489 e. The summed E-state index contributed by atoms with van der Waals surface area (Å²) in [7, 11) is 0. The van der Waals surface area contributed by atoms with Crippen molar-refractivity contribution in [3.8, 4) is 5.75 Å². The van der Waals surface area contributed by atoms with Gasteiger partial charge in [0, 0.05) is 0 Å². The third kappa shape index (κ3) is 4.76. The maximum absolute atomic E-state index is 10.2. The molecule has 0 fully saturated rings. The fourth-order valence-electron chi connectivity index (χ4n) is 2.09. The van der Waals surface area contributed by atoms with Crippen LogP contribution in [-0.2, 0) is 6.61 Å². The number of hydrogen-bond acceptors (Lipinski definition) is 2. The van der Waals surface area contributed by atoms with Gasteiger partial charge in [-0.1, -0.05) is 61.5 Å². The van der Waals surface area contributed by atoms with Gasteiger partial charge in [0.2, 0.25) is 0 Å². The van der Waals surface area contributed by atoms with Crippen LogP contribution in [0.2, 0.25) is 0 Å². The molecule has 0 aliphatic heterocycles. The maximum Gasteiger partial charge on any atom is 0.120 e. The highest BCUT2D eigenvalue weighted by atomic mass is 16.5. The van der Waals surface area contributed by atoms with Gasteiger partial charge in [0.05, 0.1) is 6.10 Å². The predicted octanol–water partition coefficient (Wildman–Crippen LogP) is 4.66. The van der Waals surface area contributed by atoms with Crippen LogP contribution in [0.5, 0.6) is 5.75 Å². The fraction of sp³-hybridized carbons (Fsp3) is 0.263. The molecule has 2 nitrogen and oxygen atoms in total. The molecular formula is C19H22O2. The maximum atomic E-state index is 10.2. The number of benzene rings is 2. The van der Waals surface area contributed by atoms with Gasteiger partial charge >= 0.3 is 0 Å². The smallest absolute Gasteiger partial charge is 0.120 e. The van der Waals surface area contributed by atoms with E-state index < -0.39 is 6.10 Å². The van der Waals surface area contributed by atoms with Crippen molar-refractivity contribution in [2.45, 2.75) is 32.5 Å². The molecule has 0 saturated carbocycles. The van der Waals surface area contributed by atoms with E-state index in [1.165, 1.54) is 0 Å². The zero-order chi connectivity index (χ0) is 15.1. The van der Waals surface area contributed by atoms with Gasteiger partial charge in [-0.2, -0.15) is 0 Å². The van der Waals surface area contributed by atoms with E-state index in [0.717, 1.165) is 28.9 Å². The van der Waals surface area contributed by atoms with Gasteiger partial charge in [0.1, 0.15) is 12.4 Å². The zero-order valence-corrected chi connectivity index (χ0v) is 12.5. The Bertz CT molecular complexity index is 575. The van der Waals surface area contributed by atoms with E-state index >= 15 is 0 Å². The van der Waals surface area contributed by atoms with Crippen molar-refractivity contribution in [2.75, 3.05) is 0 Å². The topological polar surface area (TPSA) is 29.5 Å². The Morgan fingerprint density at radius 3 is 2.62 bits per heavy atom. The van der Waals surface area contributed by atoms with Crippen LogP contribution in [-0.4, -0.2) is 5.11 Å². The summed E-state index contributed by atoms with van der Waals surface area (Å²) in [6.45, 7) is 6.53. The van der Waals surface area contributed by atoms with Gasteiger partial charge < -0.3 is 9.84 Å². The van der Waals surface area contributed by atoms with Crippen LogP contribution in [0.1, 0.15) is 37.0 Å². The molecule has 2 aromatic carbocycles. The van der Waals surface area contributed by atoms with Gasteiger partial charge in [-0.3, -0.25) is 0 Å². The minimum absolute atomic E-state index is 0.516. The molecule has 0 aromatic heterocycles. The molecule has 2 rings (SSSR count). The largest absolute Gasteiger partial charge is 0.489 e. The van der Waals surface area contributed by atoms with Crippen LogP contribution >= 0.6 is 0 Å². The second kappa shape index (κ2) is 7.65. The summed E-state index contributed by atoms with van der Waals surface area (Å²) in [6.07, 6.45) is 0.970. The molecule has 0 heterocycles. The van der Waals surface area contributed by atoms with Crippen LogP contribution < -0.4 is 4.74 Å². The quantitative estimate of drug-likeness (QED) is 0.749. The fourth-order valence-corrected chi connectivity index (χ4v) is 2.09. The molecule has 1 N–H and O–H groups in total. The van der Waals surface area contributed by atoms with Crippen LogP contribution in [0.25, 0.3) is 0 Å². The lowest BCUT2D eigenvalue weighted by Crippen LogP contribution is -2.00. The van der Waals surface area contributed by atoms with Crippen molar-refractivity contribution in [3.05, 3.63) is 77.9 Å². The highest BCUT2D eigenvalue weighted by Crippen LogP contribution is 2.25. The SMILES string of the molecule is C=C(CC)CC(O)c1cccc(OCc2ccccc2)c1.